The smallest absolute Gasteiger partial charge is 0.357 e. The molecular weight excluding hydrogens is 220 g/mol. The van der Waals surface area contributed by atoms with Gasteiger partial charge in [0.25, 0.3) is 0 Å². The lowest BCUT2D eigenvalue weighted by molar-refractivity contribution is -0.156. The lowest BCUT2D eigenvalue weighted by Crippen LogP contribution is -2.68. The van der Waals surface area contributed by atoms with Gasteiger partial charge in [-0.25, -0.2) is 4.79 Å². The van der Waals surface area contributed by atoms with E-state index in [4.69, 9.17) is 5.73 Å². The Morgan fingerprint density at radius 2 is 2.27 bits per heavy atom. The number of aliphatic hydroxyl groups is 1. The molecule has 7 heteroatoms. The Morgan fingerprint density at radius 1 is 1.53 bits per heavy atom. The van der Waals surface area contributed by atoms with Crippen molar-refractivity contribution < 1.29 is 19.4 Å². The van der Waals surface area contributed by atoms with Crippen LogP contribution in [0, 0.1) is 0 Å². The number of nitrogens with zero attached hydrogens (tertiary/aromatic N) is 1. The Morgan fingerprint density at radius 3 is 3.00 bits per heavy atom. The Balaban J connectivity index is 2.03. The Bertz CT molecular complexity index is 407. The van der Waals surface area contributed by atoms with Gasteiger partial charge in [0.15, 0.2) is 0 Å². The van der Waals surface area contributed by atoms with E-state index in [0.29, 0.717) is 11.3 Å². The van der Waals surface area contributed by atoms with E-state index in [1.807, 2.05) is 0 Å². The van der Waals surface area contributed by atoms with Gasteiger partial charge in [0, 0.05) is 11.3 Å². The third-order valence-corrected chi connectivity index (χ3v) is 4.07. The van der Waals surface area contributed by atoms with Gasteiger partial charge in [0.05, 0.1) is 0 Å². The molecule has 0 aromatic carbocycles. The predicted molar refractivity (Wildman–Crippen MR) is 50.2 cm³/mol. The van der Waals surface area contributed by atoms with Crippen LogP contribution in [0.3, 0.4) is 0 Å². The highest BCUT2D eigenvalue weighted by molar-refractivity contribution is 8.00. The summed E-state index contributed by atoms with van der Waals surface area (Å²) in [7, 11) is 0. The lowest BCUT2D eigenvalue weighted by Gasteiger charge is -2.46. The minimum atomic E-state index is -1.20. The number of hydrogen-bond acceptors (Lipinski definition) is 6. The largest absolute Gasteiger partial charge is 0.427 e. The number of ether oxygens (including phenoxy) is 1. The van der Waals surface area contributed by atoms with Crippen molar-refractivity contribution in [3.63, 3.8) is 0 Å². The Labute approximate surface area is 89.0 Å². The molecule has 1 amide bonds. The molecule has 3 aliphatic heterocycles. The van der Waals surface area contributed by atoms with Gasteiger partial charge in [-0.3, -0.25) is 9.69 Å². The lowest BCUT2D eigenvalue weighted by atomic mass is 10.0. The third-order valence-electron chi connectivity index (χ3n) is 2.75. The van der Waals surface area contributed by atoms with Crippen LogP contribution in [0.5, 0.6) is 0 Å². The number of carbonyl (C=O) groups is 2. The van der Waals surface area contributed by atoms with Crippen LogP contribution in [0.2, 0.25) is 0 Å². The molecule has 0 aliphatic carbocycles. The molecule has 0 aromatic rings. The number of hydrogen-bond donors (Lipinski definition) is 2. The minimum absolute atomic E-state index is 0.186. The van der Waals surface area contributed by atoms with Gasteiger partial charge in [0.1, 0.15) is 17.1 Å². The van der Waals surface area contributed by atoms with Gasteiger partial charge in [-0.2, -0.15) is 0 Å². The number of thioether (sulfide) groups is 1. The zero-order valence-corrected chi connectivity index (χ0v) is 8.36. The number of esters is 1. The van der Waals surface area contributed by atoms with E-state index in [9.17, 15) is 14.7 Å². The Hall–Kier alpha value is -1.05. The van der Waals surface area contributed by atoms with Crippen LogP contribution in [0.25, 0.3) is 0 Å². The predicted octanol–water partition coefficient (Wildman–Crippen LogP) is -1.64. The summed E-state index contributed by atoms with van der Waals surface area (Å²) in [6.45, 7) is 0. The van der Waals surface area contributed by atoms with Gasteiger partial charge in [-0.1, -0.05) is 0 Å². The molecule has 0 saturated carbocycles. The fraction of sp³-hybridized carbons (Fsp3) is 0.500. The monoisotopic (exact) mass is 228 g/mol. The molecule has 3 heterocycles. The molecule has 80 valence electrons. The van der Waals surface area contributed by atoms with Crippen LogP contribution in [-0.2, 0) is 14.3 Å². The Kier molecular flexibility index (Phi) is 1.68. The van der Waals surface area contributed by atoms with E-state index in [2.05, 4.69) is 4.74 Å². The number of nitrogens with two attached hydrogens (primary N) is 1. The minimum Gasteiger partial charge on any atom is -0.427 e. The molecular formula is C8H8N2O4S. The summed E-state index contributed by atoms with van der Waals surface area (Å²) < 4.78 is 4.64. The fourth-order valence-electron chi connectivity index (χ4n) is 1.95. The summed E-state index contributed by atoms with van der Waals surface area (Å²) in [5.74, 6) is -0.446. The van der Waals surface area contributed by atoms with Crippen molar-refractivity contribution in [1.29, 1.82) is 0 Å². The van der Waals surface area contributed by atoms with Crippen molar-refractivity contribution in [3.05, 3.63) is 11.3 Å². The van der Waals surface area contributed by atoms with E-state index < -0.39 is 18.3 Å². The highest BCUT2D eigenvalue weighted by atomic mass is 32.2. The van der Waals surface area contributed by atoms with Crippen molar-refractivity contribution >= 4 is 23.6 Å². The summed E-state index contributed by atoms with van der Waals surface area (Å²) in [5, 5.41) is 9.21. The van der Waals surface area contributed by atoms with Crippen molar-refractivity contribution in [2.75, 3.05) is 5.75 Å². The molecule has 15 heavy (non-hydrogen) atoms. The number of aliphatic hydroxyl groups excluding tert-OH is 1. The average Bonchev–Trinajstić information content (AvgIpc) is 2.52. The summed E-state index contributed by atoms with van der Waals surface area (Å²) in [5.41, 5.74) is 6.26. The first-order valence-electron chi connectivity index (χ1n) is 4.43. The third kappa shape index (κ3) is 0.973. The van der Waals surface area contributed by atoms with E-state index in [1.165, 1.54) is 16.7 Å². The van der Waals surface area contributed by atoms with Crippen LogP contribution in [0.15, 0.2) is 11.3 Å². The second kappa shape index (κ2) is 2.75. The van der Waals surface area contributed by atoms with Crippen LogP contribution >= 0.6 is 11.8 Å². The topological polar surface area (TPSA) is 92.9 Å². The summed E-state index contributed by atoms with van der Waals surface area (Å²) >= 11 is 1.44. The molecule has 1 unspecified atom stereocenters. The molecule has 3 rings (SSSR count). The molecule has 3 N–H and O–H groups in total. The van der Waals surface area contributed by atoms with E-state index in [-0.39, 0.29) is 17.0 Å². The fourth-order valence-corrected chi connectivity index (χ4v) is 3.26. The van der Waals surface area contributed by atoms with E-state index in [1.54, 1.807) is 0 Å². The number of carbonyl (C=O) groups excluding carboxylic acids is 2. The number of fused-ring (bicyclic) bond motifs is 2. The van der Waals surface area contributed by atoms with Gasteiger partial charge in [0.2, 0.25) is 12.2 Å². The number of β-lactam (4-membered cyclic amide) rings is 1. The SMILES string of the molecule is N[C@@H]1C(=O)N2C3=C(CS[C@H]12)C(O)OC3=O. The molecule has 3 aliphatic rings. The van der Waals surface area contributed by atoms with Crippen molar-refractivity contribution in [2.45, 2.75) is 17.7 Å². The number of cyclic esters (lactones) is 1. The highest BCUT2D eigenvalue weighted by Gasteiger charge is 2.55. The molecule has 0 spiro atoms. The second-order valence-corrected chi connectivity index (χ2v) is 4.67. The molecule has 6 nitrogen and oxygen atoms in total. The maximum absolute atomic E-state index is 11.5. The molecule has 3 atom stereocenters. The number of amides is 1. The first-order chi connectivity index (χ1) is 7.11. The normalized spacial score (nSPS) is 38.5. The standard InChI is InChI=1S/C8H8N2O4S/c9-3-5(11)10-4-2(1-15-6(3)10)7(12)14-8(4)13/h3,6-7,12H,1,9H2/t3-,6-,7?/m1/s1. The number of rotatable bonds is 0. The second-order valence-electron chi connectivity index (χ2n) is 3.57. The van der Waals surface area contributed by atoms with Crippen molar-refractivity contribution in [1.82, 2.24) is 4.90 Å². The van der Waals surface area contributed by atoms with Crippen LogP contribution in [-0.4, -0.2) is 45.3 Å². The van der Waals surface area contributed by atoms with Crippen molar-refractivity contribution in [2.24, 2.45) is 5.73 Å². The van der Waals surface area contributed by atoms with E-state index in [0.717, 1.165) is 0 Å². The molecule has 0 bridgehead atoms. The summed E-state index contributed by atoms with van der Waals surface area (Å²) in [6.07, 6.45) is -1.20. The molecule has 0 aromatic heterocycles. The first-order valence-corrected chi connectivity index (χ1v) is 5.48. The summed E-state index contributed by atoms with van der Waals surface area (Å²) in [6, 6.07) is -0.547. The molecule has 1 fully saturated rings. The maximum Gasteiger partial charge on any atom is 0.357 e. The zero-order chi connectivity index (χ0) is 10.7. The summed E-state index contributed by atoms with van der Waals surface area (Å²) in [4.78, 5) is 24.2. The van der Waals surface area contributed by atoms with Crippen LogP contribution in [0.1, 0.15) is 0 Å². The van der Waals surface area contributed by atoms with Gasteiger partial charge < -0.3 is 15.6 Å². The van der Waals surface area contributed by atoms with Crippen LogP contribution in [0.4, 0.5) is 0 Å². The quantitative estimate of drug-likeness (QED) is 0.381. The highest BCUT2D eigenvalue weighted by Crippen LogP contribution is 2.43. The van der Waals surface area contributed by atoms with Gasteiger partial charge >= 0.3 is 5.97 Å². The molecule has 0 radical (unpaired) electrons. The zero-order valence-electron chi connectivity index (χ0n) is 7.54. The van der Waals surface area contributed by atoms with Crippen LogP contribution < -0.4 is 5.73 Å². The van der Waals surface area contributed by atoms with E-state index >= 15 is 0 Å². The van der Waals surface area contributed by atoms with Gasteiger partial charge in [-0.05, 0) is 0 Å². The average molecular weight is 228 g/mol. The maximum atomic E-state index is 11.5. The van der Waals surface area contributed by atoms with Crippen molar-refractivity contribution in [3.8, 4) is 0 Å². The van der Waals surface area contributed by atoms with Gasteiger partial charge in [-0.15, -0.1) is 11.8 Å². The first kappa shape index (κ1) is 9.20. The molecule has 1 saturated heterocycles.